The zero-order valence-corrected chi connectivity index (χ0v) is 27.4. The highest BCUT2D eigenvalue weighted by Crippen LogP contribution is 2.44. The van der Waals surface area contributed by atoms with Gasteiger partial charge in [-0.15, -0.1) is 5.10 Å². The third-order valence-electron chi connectivity index (χ3n) is 8.49. The number of nitrogens with zero attached hydrogens (tertiary/aromatic N) is 6. The van der Waals surface area contributed by atoms with Crippen molar-refractivity contribution in [2.45, 2.75) is 71.9 Å². The molecule has 0 aliphatic carbocycles. The van der Waals surface area contributed by atoms with Gasteiger partial charge in [-0.2, -0.15) is 4.31 Å². The Balaban J connectivity index is 1.61. The summed E-state index contributed by atoms with van der Waals surface area (Å²) in [5.74, 6) is -1.55. The molecule has 0 bridgehead atoms. The molecule has 45 heavy (non-hydrogen) atoms. The number of carboxylic acids is 1. The largest absolute Gasteiger partial charge is 0.481 e. The Labute approximate surface area is 263 Å². The number of benzene rings is 1. The summed E-state index contributed by atoms with van der Waals surface area (Å²) in [4.78, 5) is 21.7. The first-order valence-corrected chi connectivity index (χ1v) is 16.5. The summed E-state index contributed by atoms with van der Waals surface area (Å²) in [7, 11) is -4.04. The predicted octanol–water partition coefficient (Wildman–Crippen LogP) is 4.40. The van der Waals surface area contributed by atoms with Crippen molar-refractivity contribution in [3.63, 3.8) is 0 Å². The highest BCUT2D eigenvalue weighted by atomic mass is 32.2. The number of ether oxygens (including phenoxy) is 2. The Morgan fingerprint density at radius 3 is 2.60 bits per heavy atom. The molecule has 0 saturated heterocycles. The van der Waals surface area contributed by atoms with Gasteiger partial charge in [-0.05, 0) is 87.9 Å². The van der Waals surface area contributed by atoms with Gasteiger partial charge in [0.2, 0.25) is 15.9 Å². The SMILES string of the molecule is CCn1nnc2c(C)c([C@@H](c3cnc(C)c(CN4CCCOCCOc5ncc(C)cc5S4(=O)=O)c3)C(C)(C)C(=O)O)ccc21. The van der Waals surface area contributed by atoms with Gasteiger partial charge in [-0.1, -0.05) is 17.3 Å². The number of carbonyl (C=O) groups is 1. The van der Waals surface area contributed by atoms with E-state index in [0.717, 1.165) is 16.6 Å². The maximum Gasteiger partial charge on any atom is 0.310 e. The summed E-state index contributed by atoms with van der Waals surface area (Å²) in [6, 6.07) is 7.32. The molecule has 4 heterocycles. The summed E-state index contributed by atoms with van der Waals surface area (Å²) < 4.78 is 42.9. The van der Waals surface area contributed by atoms with Gasteiger partial charge in [-0.3, -0.25) is 9.78 Å². The lowest BCUT2D eigenvalue weighted by Crippen LogP contribution is -2.34. The van der Waals surface area contributed by atoms with Gasteiger partial charge in [0, 0.05) is 50.2 Å². The minimum Gasteiger partial charge on any atom is -0.481 e. The van der Waals surface area contributed by atoms with E-state index in [1.165, 1.54) is 4.31 Å². The quantitative estimate of drug-likeness (QED) is 0.309. The maximum absolute atomic E-state index is 14.2. The Morgan fingerprint density at radius 2 is 1.87 bits per heavy atom. The Hall–Kier alpha value is -3.94. The first kappa shape index (κ1) is 32.5. The Morgan fingerprint density at radius 1 is 1.09 bits per heavy atom. The number of fused-ring (bicyclic) bond motifs is 2. The fraction of sp³-hybridized carbons (Fsp3) is 0.469. The van der Waals surface area contributed by atoms with Crippen LogP contribution in [-0.4, -0.2) is 75.1 Å². The molecule has 1 aliphatic rings. The van der Waals surface area contributed by atoms with Crippen LogP contribution in [0.15, 0.2) is 41.6 Å². The van der Waals surface area contributed by atoms with Gasteiger partial charge >= 0.3 is 5.97 Å². The number of aryl methyl sites for hydroxylation is 4. The van der Waals surface area contributed by atoms with Crippen molar-refractivity contribution in [1.29, 1.82) is 0 Å². The summed E-state index contributed by atoms with van der Waals surface area (Å²) in [5.41, 5.74) is 4.62. The standard InChI is InChI=1S/C32H40N6O6S/c1-7-38-26-10-9-25(21(3)29(26)35-36-38)28(32(5,6)31(39)40)23-16-24(22(4)33-18-23)19-37-11-8-12-43-13-14-44-30-27(45(37,41)42)15-20(2)17-34-30/h9-10,15-18,28H,7-8,11-14,19H2,1-6H3,(H,39,40)/t28-/m1/s1. The zero-order chi connectivity index (χ0) is 32.5. The molecular formula is C32H40N6O6S. The van der Waals surface area contributed by atoms with Crippen LogP contribution in [0, 0.1) is 26.2 Å². The van der Waals surface area contributed by atoms with Crippen LogP contribution in [0.5, 0.6) is 5.88 Å². The minimum atomic E-state index is -4.04. The molecule has 0 amide bonds. The summed E-state index contributed by atoms with van der Waals surface area (Å²) in [5, 5.41) is 19.1. The molecule has 0 radical (unpaired) electrons. The number of hydrogen-bond acceptors (Lipinski definition) is 9. The van der Waals surface area contributed by atoms with Crippen molar-refractivity contribution in [3.05, 3.63) is 70.2 Å². The van der Waals surface area contributed by atoms with Crippen LogP contribution in [0.1, 0.15) is 66.6 Å². The molecule has 1 N–H and O–H groups in total. The predicted molar refractivity (Wildman–Crippen MR) is 168 cm³/mol. The number of rotatable bonds is 7. The normalized spacial score (nSPS) is 16.8. The molecule has 240 valence electrons. The van der Waals surface area contributed by atoms with Crippen molar-refractivity contribution in [2.24, 2.45) is 5.41 Å². The zero-order valence-electron chi connectivity index (χ0n) is 26.6. The third kappa shape index (κ3) is 6.29. The van der Waals surface area contributed by atoms with E-state index in [0.29, 0.717) is 54.1 Å². The average molecular weight is 637 g/mol. The number of carboxylic acid groups (broad SMARTS) is 1. The minimum absolute atomic E-state index is 0.0000990. The van der Waals surface area contributed by atoms with Crippen LogP contribution in [0.4, 0.5) is 0 Å². The van der Waals surface area contributed by atoms with Crippen LogP contribution in [-0.2, 0) is 32.6 Å². The third-order valence-corrected chi connectivity index (χ3v) is 10.3. The van der Waals surface area contributed by atoms with E-state index in [1.54, 1.807) is 43.9 Å². The maximum atomic E-state index is 14.2. The van der Waals surface area contributed by atoms with Crippen molar-refractivity contribution < 1.29 is 27.8 Å². The number of aliphatic carboxylic acids is 1. The molecule has 4 aromatic rings. The molecule has 12 nitrogen and oxygen atoms in total. The van der Waals surface area contributed by atoms with Crippen LogP contribution in [0.3, 0.4) is 0 Å². The first-order chi connectivity index (χ1) is 21.4. The summed E-state index contributed by atoms with van der Waals surface area (Å²) >= 11 is 0. The fourth-order valence-corrected chi connectivity index (χ4v) is 7.46. The van der Waals surface area contributed by atoms with E-state index in [9.17, 15) is 18.3 Å². The van der Waals surface area contributed by atoms with Crippen molar-refractivity contribution >= 4 is 27.0 Å². The van der Waals surface area contributed by atoms with E-state index in [1.807, 2.05) is 39.0 Å². The van der Waals surface area contributed by atoms with Gasteiger partial charge in [0.25, 0.3) is 0 Å². The van der Waals surface area contributed by atoms with Gasteiger partial charge < -0.3 is 14.6 Å². The molecule has 5 rings (SSSR count). The molecule has 1 aliphatic heterocycles. The summed E-state index contributed by atoms with van der Waals surface area (Å²) in [6.07, 6.45) is 3.74. The summed E-state index contributed by atoms with van der Waals surface area (Å²) in [6.45, 7) is 12.7. The number of hydrogen-bond donors (Lipinski definition) is 1. The monoisotopic (exact) mass is 636 g/mol. The lowest BCUT2D eigenvalue weighted by molar-refractivity contribution is -0.147. The Bertz CT molecular complexity index is 1840. The molecule has 0 saturated carbocycles. The molecule has 0 spiro atoms. The van der Waals surface area contributed by atoms with Crippen molar-refractivity contribution in [1.82, 2.24) is 29.3 Å². The second-order valence-corrected chi connectivity index (χ2v) is 13.9. The van der Waals surface area contributed by atoms with Gasteiger partial charge in [0.1, 0.15) is 17.0 Å². The topological polar surface area (TPSA) is 150 Å². The van der Waals surface area contributed by atoms with Crippen molar-refractivity contribution in [3.8, 4) is 5.88 Å². The molecule has 13 heteroatoms. The highest BCUT2D eigenvalue weighted by Gasteiger charge is 2.41. The van der Waals surface area contributed by atoms with Crippen LogP contribution in [0.2, 0.25) is 0 Å². The van der Waals surface area contributed by atoms with Gasteiger partial charge in [0.05, 0.1) is 17.5 Å². The number of aromatic nitrogens is 5. The van der Waals surface area contributed by atoms with Crippen LogP contribution >= 0.6 is 0 Å². The first-order valence-electron chi connectivity index (χ1n) is 15.0. The van der Waals surface area contributed by atoms with E-state index >= 15 is 0 Å². The van der Waals surface area contributed by atoms with Crippen LogP contribution in [0.25, 0.3) is 11.0 Å². The van der Waals surface area contributed by atoms with Crippen LogP contribution < -0.4 is 4.74 Å². The lowest BCUT2D eigenvalue weighted by Gasteiger charge is -2.33. The van der Waals surface area contributed by atoms with E-state index in [4.69, 9.17) is 9.47 Å². The second kappa shape index (κ2) is 12.8. The van der Waals surface area contributed by atoms with Gasteiger partial charge in [0.15, 0.2) is 0 Å². The molecule has 0 fully saturated rings. The molecule has 0 unspecified atom stereocenters. The number of sulfonamides is 1. The van der Waals surface area contributed by atoms with E-state index < -0.39 is 27.3 Å². The molecular weight excluding hydrogens is 596 g/mol. The van der Waals surface area contributed by atoms with E-state index in [-0.39, 0.29) is 30.5 Å². The average Bonchev–Trinajstić information content (AvgIpc) is 3.42. The molecule has 1 atom stereocenters. The lowest BCUT2D eigenvalue weighted by atomic mass is 9.70. The number of pyridine rings is 2. The second-order valence-electron chi connectivity index (χ2n) is 12.0. The fourth-order valence-electron chi connectivity index (χ4n) is 5.83. The highest BCUT2D eigenvalue weighted by molar-refractivity contribution is 7.89. The Kier molecular flexibility index (Phi) is 9.24. The smallest absolute Gasteiger partial charge is 0.310 e. The van der Waals surface area contributed by atoms with Gasteiger partial charge in [-0.25, -0.2) is 18.1 Å². The van der Waals surface area contributed by atoms with E-state index in [2.05, 4.69) is 20.3 Å². The molecule has 1 aromatic carbocycles. The molecule has 3 aromatic heterocycles. The van der Waals surface area contributed by atoms with Crippen molar-refractivity contribution in [2.75, 3.05) is 26.4 Å².